The minimum absolute atomic E-state index is 0. The van der Waals surface area contributed by atoms with Crippen molar-refractivity contribution < 1.29 is 0 Å². The molecule has 5 nitrogen and oxygen atoms in total. The molecule has 1 aliphatic carbocycles. The predicted molar refractivity (Wildman–Crippen MR) is 133 cm³/mol. The molecular formula is C23H38IN5. The quantitative estimate of drug-likeness (QED) is 0.358. The average molecular weight is 511 g/mol. The van der Waals surface area contributed by atoms with E-state index in [4.69, 9.17) is 0 Å². The number of likely N-dealkylation sites (tertiary alicyclic amines) is 1. The number of rotatable bonds is 5. The Kier molecular flexibility index (Phi) is 8.47. The van der Waals surface area contributed by atoms with E-state index in [1.807, 2.05) is 7.05 Å². The lowest BCUT2D eigenvalue weighted by atomic mass is 9.99. The molecule has 3 aliphatic rings. The summed E-state index contributed by atoms with van der Waals surface area (Å²) in [5, 5.41) is 7.12. The zero-order chi connectivity index (χ0) is 19.3. The lowest BCUT2D eigenvalue weighted by Crippen LogP contribution is -2.48. The van der Waals surface area contributed by atoms with Gasteiger partial charge >= 0.3 is 0 Å². The summed E-state index contributed by atoms with van der Waals surface area (Å²) in [6.45, 7) is 8.03. The van der Waals surface area contributed by atoms with E-state index >= 15 is 0 Å². The predicted octanol–water partition coefficient (Wildman–Crippen LogP) is 3.83. The number of nitrogens with one attached hydrogen (secondary N) is 2. The van der Waals surface area contributed by atoms with Crippen molar-refractivity contribution in [1.29, 1.82) is 0 Å². The molecule has 6 heteroatoms. The van der Waals surface area contributed by atoms with E-state index in [-0.39, 0.29) is 24.0 Å². The number of hydrogen-bond donors (Lipinski definition) is 2. The molecule has 1 aromatic carbocycles. The Hall–Kier alpha value is -1.02. The van der Waals surface area contributed by atoms with Crippen LogP contribution in [0.5, 0.6) is 0 Å². The van der Waals surface area contributed by atoms with Gasteiger partial charge in [0, 0.05) is 57.5 Å². The van der Waals surface area contributed by atoms with Gasteiger partial charge in [-0.1, -0.05) is 19.1 Å². The van der Waals surface area contributed by atoms with Gasteiger partial charge in [0.15, 0.2) is 5.96 Å². The first-order valence-corrected chi connectivity index (χ1v) is 11.3. The first-order chi connectivity index (χ1) is 13.7. The van der Waals surface area contributed by atoms with Crippen LogP contribution in [0.25, 0.3) is 0 Å². The zero-order valence-corrected chi connectivity index (χ0v) is 20.4. The second kappa shape index (κ2) is 10.8. The van der Waals surface area contributed by atoms with Crippen LogP contribution >= 0.6 is 24.0 Å². The number of anilines is 1. The molecule has 4 rings (SSSR count). The SMILES string of the molecule is CN=C(NCc1ccc(N2CCC(C)CC2)cc1)NC1CCN(C2CC2)CC1.I. The van der Waals surface area contributed by atoms with Crippen LogP contribution in [-0.4, -0.2) is 56.2 Å². The van der Waals surface area contributed by atoms with Crippen LogP contribution in [0.2, 0.25) is 0 Å². The van der Waals surface area contributed by atoms with Crippen molar-refractivity contribution in [3.05, 3.63) is 29.8 Å². The molecule has 2 saturated heterocycles. The largest absolute Gasteiger partial charge is 0.372 e. The molecule has 3 fully saturated rings. The average Bonchev–Trinajstić information content (AvgIpc) is 3.58. The van der Waals surface area contributed by atoms with Crippen molar-refractivity contribution in [1.82, 2.24) is 15.5 Å². The fraction of sp³-hybridized carbons (Fsp3) is 0.696. The molecule has 0 atom stereocenters. The molecule has 29 heavy (non-hydrogen) atoms. The number of halogens is 1. The Morgan fingerprint density at radius 1 is 0.966 bits per heavy atom. The van der Waals surface area contributed by atoms with Crippen LogP contribution in [0.15, 0.2) is 29.3 Å². The van der Waals surface area contributed by atoms with E-state index in [1.54, 1.807) is 0 Å². The number of benzene rings is 1. The summed E-state index contributed by atoms with van der Waals surface area (Å²) >= 11 is 0. The van der Waals surface area contributed by atoms with E-state index in [1.165, 1.54) is 76.0 Å². The monoisotopic (exact) mass is 511 g/mol. The molecule has 2 N–H and O–H groups in total. The van der Waals surface area contributed by atoms with Gasteiger partial charge in [-0.15, -0.1) is 24.0 Å². The van der Waals surface area contributed by atoms with E-state index in [2.05, 4.69) is 56.6 Å². The van der Waals surface area contributed by atoms with E-state index in [0.29, 0.717) is 6.04 Å². The molecule has 2 heterocycles. The van der Waals surface area contributed by atoms with Crippen LogP contribution in [0, 0.1) is 5.92 Å². The Bertz CT molecular complexity index is 642. The molecule has 0 aromatic heterocycles. The highest BCUT2D eigenvalue weighted by atomic mass is 127. The maximum Gasteiger partial charge on any atom is 0.191 e. The van der Waals surface area contributed by atoms with Gasteiger partial charge in [0.2, 0.25) is 0 Å². The van der Waals surface area contributed by atoms with Gasteiger partial charge in [0.1, 0.15) is 0 Å². The molecule has 162 valence electrons. The van der Waals surface area contributed by atoms with Crippen molar-refractivity contribution in [2.24, 2.45) is 10.9 Å². The van der Waals surface area contributed by atoms with Crippen molar-refractivity contribution in [2.45, 2.75) is 64.1 Å². The van der Waals surface area contributed by atoms with E-state index < -0.39 is 0 Å². The Morgan fingerprint density at radius 3 is 2.21 bits per heavy atom. The van der Waals surface area contributed by atoms with Crippen LogP contribution in [0.3, 0.4) is 0 Å². The summed E-state index contributed by atoms with van der Waals surface area (Å²) < 4.78 is 0. The van der Waals surface area contributed by atoms with Crippen LogP contribution in [0.4, 0.5) is 5.69 Å². The van der Waals surface area contributed by atoms with Gasteiger partial charge in [0.05, 0.1) is 0 Å². The molecule has 1 saturated carbocycles. The lowest BCUT2D eigenvalue weighted by molar-refractivity contribution is 0.197. The molecule has 0 radical (unpaired) electrons. The second-order valence-corrected chi connectivity index (χ2v) is 8.95. The third kappa shape index (κ3) is 6.48. The summed E-state index contributed by atoms with van der Waals surface area (Å²) in [5.41, 5.74) is 2.67. The fourth-order valence-corrected chi connectivity index (χ4v) is 4.51. The molecule has 0 bridgehead atoms. The number of aliphatic imine (C=N–C) groups is 1. The fourth-order valence-electron chi connectivity index (χ4n) is 4.51. The molecule has 2 aliphatic heterocycles. The lowest BCUT2D eigenvalue weighted by Gasteiger charge is -2.33. The van der Waals surface area contributed by atoms with Gasteiger partial charge in [-0.05, 0) is 62.1 Å². The Balaban J connectivity index is 0.00000240. The van der Waals surface area contributed by atoms with Gasteiger partial charge < -0.3 is 20.4 Å². The highest BCUT2D eigenvalue weighted by molar-refractivity contribution is 14.0. The normalized spacial score (nSPS) is 22.3. The summed E-state index contributed by atoms with van der Waals surface area (Å²) in [7, 11) is 1.87. The Morgan fingerprint density at radius 2 is 1.62 bits per heavy atom. The van der Waals surface area contributed by atoms with Gasteiger partial charge in [0.25, 0.3) is 0 Å². The van der Waals surface area contributed by atoms with Gasteiger partial charge in [-0.3, -0.25) is 4.99 Å². The topological polar surface area (TPSA) is 42.9 Å². The summed E-state index contributed by atoms with van der Waals surface area (Å²) in [6.07, 6.45) is 7.89. The second-order valence-electron chi connectivity index (χ2n) is 8.95. The first kappa shape index (κ1) is 22.7. The molecule has 0 amide bonds. The van der Waals surface area contributed by atoms with Gasteiger partial charge in [-0.25, -0.2) is 0 Å². The zero-order valence-electron chi connectivity index (χ0n) is 18.1. The minimum Gasteiger partial charge on any atom is -0.372 e. The number of nitrogens with zero attached hydrogens (tertiary/aromatic N) is 3. The number of piperidine rings is 2. The summed E-state index contributed by atoms with van der Waals surface area (Å²) in [6, 6.07) is 10.5. The van der Waals surface area contributed by atoms with Crippen LogP contribution < -0.4 is 15.5 Å². The number of guanidine groups is 1. The highest BCUT2D eigenvalue weighted by Gasteiger charge is 2.31. The van der Waals surface area contributed by atoms with Crippen molar-refractivity contribution in [2.75, 3.05) is 38.1 Å². The summed E-state index contributed by atoms with van der Waals surface area (Å²) in [5.74, 6) is 1.80. The minimum atomic E-state index is 0. The molecule has 0 spiro atoms. The van der Waals surface area contributed by atoms with Gasteiger partial charge in [-0.2, -0.15) is 0 Å². The molecule has 0 unspecified atom stereocenters. The molecule has 1 aromatic rings. The maximum absolute atomic E-state index is 4.43. The van der Waals surface area contributed by atoms with E-state index in [0.717, 1.165) is 24.5 Å². The van der Waals surface area contributed by atoms with Crippen molar-refractivity contribution >= 4 is 35.6 Å². The third-order valence-electron chi connectivity index (χ3n) is 6.70. The van der Waals surface area contributed by atoms with E-state index in [9.17, 15) is 0 Å². The maximum atomic E-state index is 4.43. The standard InChI is InChI=1S/C23H37N5.HI/c1-18-9-13-27(14-10-18)21-5-3-19(4-6-21)17-25-23(24-2)26-20-11-15-28(16-12-20)22-7-8-22;/h3-6,18,20,22H,7-17H2,1-2H3,(H2,24,25,26);1H. The molecular weight excluding hydrogens is 473 g/mol. The third-order valence-corrected chi connectivity index (χ3v) is 6.70. The van der Waals surface area contributed by atoms with Crippen LogP contribution in [-0.2, 0) is 6.54 Å². The summed E-state index contributed by atoms with van der Waals surface area (Å²) in [4.78, 5) is 9.62. The van der Waals surface area contributed by atoms with Crippen molar-refractivity contribution in [3.63, 3.8) is 0 Å². The van der Waals surface area contributed by atoms with Crippen molar-refractivity contribution in [3.8, 4) is 0 Å². The Labute approximate surface area is 193 Å². The highest BCUT2D eigenvalue weighted by Crippen LogP contribution is 2.29. The first-order valence-electron chi connectivity index (χ1n) is 11.3. The smallest absolute Gasteiger partial charge is 0.191 e. The van der Waals surface area contributed by atoms with Crippen LogP contribution in [0.1, 0.15) is 51.0 Å². The number of hydrogen-bond acceptors (Lipinski definition) is 3.